The minimum Gasteiger partial charge on any atom is -0.479 e. The second-order valence-electron chi connectivity index (χ2n) is 3.57. The van der Waals surface area contributed by atoms with Crippen molar-refractivity contribution in [2.75, 3.05) is 6.54 Å². The molecule has 0 spiro atoms. The minimum absolute atomic E-state index is 0.0485. The van der Waals surface area contributed by atoms with Crippen LogP contribution in [-0.2, 0) is 14.8 Å². The van der Waals surface area contributed by atoms with Gasteiger partial charge in [-0.25, -0.2) is 17.9 Å². The maximum atomic E-state index is 11.9. The molecule has 8 heteroatoms. The lowest BCUT2D eigenvalue weighted by Crippen LogP contribution is -2.36. The maximum absolute atomic E-state index is 11.9. The highest BCUT2D eigenvalue weighted by Crippen LogP contribution is 2.22. The van der Waals surface area contributed by atoms with Gasteiger partial charge < -0.3 is 10.2 Å². The molecule has 6 nitrogen and oxygen atoms in total. The molecule has 1 rings (SSSR count). The van der Waals surface area contributed by atoms with Gasteiger partial charge >= 0.3 is 5.97 Å². The smallest absolute Gasteiger partial charge is 0.333 e. The number of nitrogens with one attached hydrogen (secondary N) is 1. The van der Waals surface area contributed by atoms with Gasteiger partial charge in [0.25, 0.3) is 0 Å². The van der Waals surface area contributed by atoms with E-state index < -0.39 is 28.6 Å². The number of hydrogen-bond donors (Lipinski definition) is 3. The highest BCUT2D eigenvalue weighted by atomic mass is 35.5. The fraction of sp³-hybridized carbons (Fsp3) is 0.300. The lowest BCUT2D eigenvalue weighted by atomic mass is 10.2. The monoisotopic (exact) mass is 293 g/mol. The molecule has 1 aromatic carbocycles. The molecule has 1 atom stereocenters. The van der Waals surface area contributed by atoms with Crippen LogP contribution in [0.3, 0.4) is 0 Å². The van der Waals surface area contributed by atoms with Crippen LogP contribution < -0.4 is 4.72 Å². The summed E-state index contributed by atoms with van der Waals surface area (Å²) in [6.07, 6.45) is -1.79. The fourth-order valence-corrected chi connectivity index (χ4v) is 2.77. The number of carboxylic acids is 1. The number of carbonyl (C=O) groups is 1. The Morgan fingerprint density at radius 1 is 1.50 bits per heavy atom. The molecule has 0 amide bonds. The lowest BCUT2D eigenvalue weighted by molar-refractivity contribution is -0.146. The molecule has 0 aliphatic heterocycles. The number of rotatable bonds is 5. The number of sulfonamides is 1. The second-order valence-corrected chi connectivity index (χ2v) is 5.71. The number of aliphatic hydroxyl groups excluding tert-OH is 1. The van der Waals surface area contributed by atoms with Crippen molar-refractivity contribution in [3.05, 3.63) is 28.8 Å². The Morgan fingerprint density at radius 3 is 2.67 bits per heavy atom. The standard InChI is InChI=1S/C10H12ClNO5S/c1-6-7(11)3-2-4-9(6)18(16,17)12-5-8(13)10(14)15/h2-4,8,12-13H,5H2,1H3,(H,14,15). The zero-order valence-electron chi connectivity index (χ0n) is 9.42. The third-order valence-corrected chi connectivity index (χ3v) is 4.24. The summed E-state index contributed by atoms with van der Waals surface area (Å²) in [7, 11) is -3.90. The molecule has 0 saturated carbocycles. The van der Waals surface area contributed by atoms with Crippen molar-refractivity contribution in [1.82, 2.24) is 4.72 Å². The van der Waals surface area contributed by atoms with E-state index in [9.17, 15) is 13.2 Å². The number of benzene rings is 1. The Hall–Kier alpha value is -1.15. The van der Waals surface area contributed by atoms with Crippen LogP contribution in [0.2, 0.25) is 5.02 Å². The Bertz CT molecular complexity index is 557. The number of halogens is 1. The molecular weight excluding hydrogens is 282 g/mol. The van der Waals surface area contributed by atoms with Crippen LogP contribution in [0.5, 0.6) is 0 Å². The quantitative estimate of drug-likeness (QED) is 0.728. The van der Waals surface area contributed by atoms with Gasteiger partial charge in [0.05, 0.1) is 4.90 Å². The van der Waals surface area contributed by atoms with E-state index in [-0.39, 0.29) is 9.92 Å². The van der Waals surface area contributed by atoms with Gasteiger partial charge in [0.15, 0.2) is 6.10 Å². The van der Waals surface area contributed by atoms with Gasteiger partial charge in [-0.1, -0.05) is 17.7 Å². The first-order chi connectivity index (χ1) is 8.25. The first-order valence-electron chi connectivity index (χ1n) is 4.91. The average Bonchev–Trinajstić information content (AvgIpc) is 2.29. The second kappa shape index (κ2) is 5.66. The summed E-state index contributed by atoms with van der Waals surface area (Å²) >= 11 is 5.80. The van der Waals surface area contributed by atoms with Crippen molar-refractivity contribution in [1.29, 1.82) is 0 Å². The summed E-state index contributed by atoms with van der Waals surface area (Å²) in [6, 6.07) is 4.36. The van der Waals surface area contributed by atoms with Gasteiger partial charge in [0.1, 0.15) is 0 Å². The summed E-state index contributed by atoms with van der Waals surface area (Å²) in [5.74, 6) is -1.50. The largest absolute Gasteiger partial charge is 0.479 e. The van der Waals surface area contributed by atoms with Gasteiger partial charge in [-0.2, -0.15) is 0 Å². The molecule has 18 heavy (non-hydrogen) atoms. The maximum Gasteiger partial charge on any atom is 0.333 e. The highest BCUT2D eigenvalue weighted by Gasteiger charge is 2.21. The summed E-state index contributed by atoms with van der Waals surface area (Å²) < 4.78 is 25.7. The van der Waals surface area contributed by atoms with E-state index in [0.717, 1.165) is 0 Å². The summed E-state index contributed by atoms with van der Waals surface area (Å²) in [5.41, 5.74) is 0.358. The molecule has 0 radical (unpaired) electrons. The Balaban J connectivity index is 2.94. The van der Waals surface area contributed by atoms with Crippen molar-refractivity contribution >= 4 is 27.6 Å². The number of hydrogen-bond acceptors (Lipinski definition) is 4. The van der Waals surface area contributed by atoms with E-state index in [2.05, 4.69) is 0 Å². The highest BCUT2D eigenvalue weighted by molar-refractivity contribution is 7.89. The Kier molecular flexibility index (Phi) is 4.69. The molecule has 0 fully saturated rings. The van der Waals surface area contributed by atoms with E-state index in [1.807, 2.05) is 4.72 Å². The first-order valence-corrected chi connectivity index (χ1v) is 6.77. The Labute approximate surface area is 109 Å². The van der Waals surface area contributed by atoms with E-state index in [1.165, 1.54) is 19.1 Å². The fourth-order valence-electron chi connectivity index (χ4n) is 1.23. The van der Waals surface area contributed by atoms with E-state index in [1.54, 1.807) is 6.07 Å². The molecule has 0 saturated heterocycles. The third kappa shape index (κ3) is 3.42. The molecule has 0 aliphatic rings. The normalized spacial score (nSPS) is 13.3. The molecule has 0 aromatic heterocycles. The molecule has 0 heterocycles. The van der Waals surface area contributed by atoms with Crippen molar-refractivity contribution < 1.29 is 23.4 Å². The molecule has 3 N–H and O–H groups in total. The number of carboxylic acid groups (broad SMARTS) is 1. The SMILES string of the molecule is Cc1c(Cl)cccc1S(=O)(=O)NCC(O)C(=O)O. The van der Waals surface area contributed by atoms with Gasteiger partial charge in [-0.05, 0) is 24.6 Å². The molecule has 0 aliphatic carbocycles. The van der Waals surface area contributed by atoms with Gasteiger partial charge in [-0.15, -0.1) is 0 Å². The molecule has 0 bridgehead atoms. The lowest BCUT2D eigenvalue weighted by Gasteiger charge is -2.11. The molecule has 100 valence electrons. The summed E-state index contributed by atoms with van der Waals surface area (Å²) in [6.45, 7) is 0.925. The van der Waals surface area contributed by atoms with Crippen LogP contribution in [0, 0.1) is 6.92 Å². The van der Waals surface area contributed by atoms with Crippen LogP contribution in [0.25, 0.3) is 0 Å². The van der Waals surface area contributed by atoms with Crippen LogP contribution in [0.15, 0.2) is 23.1 Å². The zero-order valence-corrected chi connectivity index (χ0v) is 11.0. The van der Waals surface area contributed by atoms with Crippen LogP contribution in [0.4, 0.5) is 0 Å². The van der Waals surface area contributed by atoms with E-state index in [0.29, 0.717) is 5.56 Å². The summed E-state index contributed by atoms with van der Waals surface area (Å²) in [4.78, 5) is 10.3. The number of aliphatic carboxylic acids is 1. The van der Waals surface area contributed by atoms with Crippen LogP contribution in [0.1, 0.15) is 5.56 Å². The van der Waals surface area contributed by atoms with Crippen molar-refractivity contribution in [2.45, 2.75) is 17.9 Å². The predicted molar refractivity (Wildman–Crippen MR) is 65.0 cm³/mol. The molecular formula is C10H12ClNO5S. The Morgan fingerprint density at radius 2 is 2.11 bits per heavy atom. The zero-order chi connectivity index (χ0) is 13.9. The van der Waals surface area contributed by atoms with Gasteiger partial charge in [-0.3, -0.25) is 0 Å². The predicted octanol–water partition coefficient (Wildman–Crippen LogP) is 0.372. The van der Waals surface area contributed by atoms with E-state index >= 15 is 0 Å². The van der Waals surface area contributed by atoms with Crippen molar-refractivity contribution in [2.24, 2.45) is 0 Å². The van der Waals surface area contributed by atoms with Crippen LogP contribution in [-0.4, -0.2) is 37.2 Å². The van der Waals surface area contributed by atoms with Crippen LogP contribution >= 0.6 is 11.6 Å². The molecule has 1 aromatic rings. The van der Waals surface area contributed by atoms with Gasteiger partial charge in [0, 0.05) is 11.6 Å². The van der Waals surface area contributed by atoms with Crippen molar-refractivity contribution in [3.63, 3.8) is 0 Å². The first kappa shape index (κ1) is 14.9. The topological polar surface area (TPSA) is 104 Å². The summed E-state index contributed by atoms with van der Waals surface area (Å²) in [5, 5.41) is 17.7. The minimum atomic E-state index is -3.90. The third-order valence-electron chi connectivity index (χ3n) is 2.26. The van der Waals surface area contributed by atoms with E-state index in [4.69, 9.17) is 21.8 Å². The van der Waals surface area contributed by atoms with Gasteiger partial charge in [0.2, 0.25) is 10.0 Å². The average molecular weight is 294 g/mol. The number of aliphatic hydroxyl groups is 1. The van der Waals surface area contributed by atoms with Crippen molar-refractivity contribution in [3.8, 4) is 0 Å². The molecule has 1 unspecified atom stereocenters.